The molecule has 1 aliphatic rings. The molecule has 0 bridgehead atoms. The summed E-state index contributed by atoms with van der Waals surface area (Å²) in [5, 5.41) is 0.680. The molecule has 0 heterocycles. The van der Waals surface area contributed by atoms with Crippen LogP contribution in [0.3, 0.4) is 0 Å². The number of esters is 1. The predicted molar refractivity (Wildman–Crippen MR) is 51.3 cm³/mol. The summed E-state index contributed by atoms with van der Waals surface area (Å²) in [5.41, 5.74) is 0. The van der Waals surface area contributed by atoms with Gasteiger partial charge in [-0.05, 0) is 26.7 Å². The highest BCUT2D eigenvalue weighted by atomic mass is 32.2. The Bertz CT molecular complexity index is 173. The zero-order valence-electron chi connectivity index (χ0n) is 7.92. The highest BCUT2D eigenvalue weighted by molar-refractivity contribution is 8.02. The van der Waals surface area contributed by atoms with E-state index in [1.54, 1.807) is 11.8 Å². The molecule has 1 aliphatic carbocycles. The Morgan fingerprint density at radius 1 is 1.50 bits per heavy atom. The summed E-state index contributed by atoms with van der Waals surface area (Å²) in [7, 11) is 1.45. The second kappa shape index (κ2) is 3.69. The van der Waals surface area contributed by atoms with Crippen LogP contribution in [0, 0.1) is 0 Å². The van der Waals surface area contributed by atoms with Crippen molar-refractivity contribution >= 4 is 17.7 Å². The van der Waals surface area contributed by atoms with Gasteiger partial charge in [-0.1, -0.05) is 6.42 Å². The van der Waals surface area contributed by atoms with Gasteiger partial charge in [0.1, 0.15) is 4.75 Å². The molecule has 0 atom stereocenters. The topological polar surface area (TPSA) is 26.3 Å². The number of hydrogen-bond acceptors (Lipinski definition) is 3. The molecule has 0 N–H and O–H groups in total. The highest BCUT2D eigenvalue weighted by Crippen LogP contribution is 2.39. The molecular weight excluding hydrogens is 172 g/mol. The largest absolute Gasteiger partial charge is 0.468 e. The summed E-state index contributed by atoms with van der Waals surface area (Å²) < 4.78 is 4.36. The van der Waals surface area contributed by atoms with Gasteiger partial charge in [0.05, 0.1) is 7.11 Å². The number of ether oxygens (including phenoxy) is 1. The summed E-state index contributed by atoms with van der Waals surface area (Å²) in [6, 6.07) is 0. The van der Waals surface area contributed by atoms with Gasteiger partial charge in [0, 0.05) is 5.25 Å². The van der Waals surface area contributed by atoms with E-state index in [1.165, 1.54) is 26.4 Å². The van der Waals surface area contributed by atoms with Crippen LogP contribution in [0.15, 0.2) is 0 Å². The Kier molecular flexibility index (Phi) is 3.04. The van der Waals surface area contributed by atoms with Crippen LogP contribution in [0.25, 0.3) is 0 Å². The van der Waals surface area contributed by atoms with Crippen molar-refractivity contribution in [1.29, 1.82) is 0 Å². The lowest BCUT2D eigenvalue weighted by molar-refractivity contribution is -0.142. The Balaban J connectivity index is 2.40. The molecule has 0 amide bonds. The second-order valence-corrected chi connectivity index (χ2v) is 5.60. The number of hydrogen-bond donors (Lipinski definition) is 0. The van der Waals surface area contributed by atoms with Crippen molar-refractivity contribution < 1.29 is 9.53 Å². The molecule has 0 spiro atoms. The van der Waals surface area contributed by atoms with Crippen LogP contribution in [0.1, 0.15) is 33.1 Å². The van der Waals surface area contributed by atoms with Gasteiger partial charge in [0.2, 0.25) is 0 Å². The molecule has 2 nitrogen and oxygen atoms in total. The number of rotatable bonds is 3. The summed E-state index contributed by atoms with van der Waals surface area (Å²) in [5.74, 6) is -0.112. The Morgan fingerprint density at radius 2 is 2.08 bits per heavy atom. The SMILES string of the molecule is COC(=O)C(C)(C)SC1CCC1. The summed E-state index contributed by atoms with van der Waals surface area (Å²) in [4.78, 5) is 11.3. The van der Waals surface area contributed by atoms with Crippen LogP contribution in [-0.2, 0) is 9.53 Å². The van der Waals surface area contributed by atoms with E-state index >= 15 is 0 Å². The van der Waals surface area contributed by atoms with Crippen LogP contribution in [0.5, 0.6) is 0 Å². The lowest BCUT2D eigenvalue weighted by atomic mass is 10.00. The fourth-order valence-electron chi connectivity index (χ4n) is 1.20. The monoisotopic (exact) mass is 188 g/mol. The minimum absolute atomic E-state index is 0.112. The van der Waals surface area contributed by atoms with E-state index < -0.39 is 0 Å². The van der Waals surface area contributed by atoms with Crippen molar-refractivity contribution in [3.8, 4) is 0 Å². The number of thioether (sulfide) groups is 1. The molecule has 12 heavy (non-hydrogen) atoms. The summed E-state index contributed by atoms with van der Waals surface area (Å²) in [6.45, 7) is 3.86. The third-order valence-electron chi connectivity index (χ3n) is 2.19. The van der Waals surface area contributed by atoms with Gasteiger partial charge in [-0.25, -0.2) is 0 Å². The van der Waals surface area contributed by atoms with E-state index in [-0.39, 0.29) is 10.7 Å². The van der Waals surface area contributed by atoms with E-state index in [0.29, 0.717) is 5.25 Å². The zero-order valence-corrected chi connectivity index (χ0v) is 8.74. The molecule has 0 saturated heterocycles. The van der Waals surface area contributed by atoms with Gasteiger partial charge in [0.15, 0.2) is 0 Å². The van der Waals surface area contributed by atoms with Crippen molar-refractivity contribution in [2.75, 3.05) is 7.11 Å². The second-order valence-electron chi connectivity index (χ2n) is 3.67. The van der Waals surface area contributed by atoms with Crippen molar-refractivity contribution in [3.63, 3.8) is 0 Å². The molecule has 70 valence electrons. The first-order valence-corrected chi connectivity index (χ1v) is 5.20. The molecule has 1 rings (SSSR count). The quantitative estimate of drug-likeness (QED) is 0.635. The summed E-state index contributed by atoms with van der Waals surface area (Å²) in [6.07, 6.45) is 3.82. The Morgan fingerprint density at radius 3 is 2.42 bits per heavy atom. The van der Waals surface area contributed by atoms with Crippen LogP contribution < -0.4 is 0 Å². The first kappa shape index (κ1) is 9.90. The molecule has 1 fully saturated rings. The molecular formula is C9H16O2S. The molecule has 0 aliphatic heterocycles. The molecule has 0 aromatic carbocycles. The minimum atomic E-state index is -0.361. The van der Waals surface area contributed by atoms with Crippen LogP contribution in [-0.4, -0.2) is 23.1 Å². The fraction of sp³-hybridized carbons (Fsp3) is 0.889. The van der Waals surface area contributed by atoms with Crippen LogP contribution in [0.2, 0.25) is 0 Å². The fourth-order valence-corrected chi connectivity index (χ4v) is 2.78. The van der Waals surface area contributed by atoms with Gasteiger partial charge in [-0.15, -0.1) is 11.8 Å². The first-order valence-electron chi connectivity index (χ1n) is 4.32. The van der Waals surface area contributed by atoms with Crippen molar-refractivity contribution in [2.45, 2.75) is 43.1 Å². The number of carbonyl (C=O) groups is 1. The molecule has 0 unspecified atom stereocenters. The molecule has 0 aromatic rings. The number of methoxy groups -OCH3 is 1. The molecule has 0 aromatic heterocycles. The zero-order chi connectivity index (χ0) is 9.19. The van der Waals surface area contributed by atoms with Gasteiger partial charge >= 0.3 is 5.97 Å². The van der Waals surface area contributed by atoms with Gasteiger partial charge in [-0.2, -0.15) is 0 Å². The normalized spacial score (nSPS) is 18.6. The smallest absolute Gasteiger partial charge is 0.321 e. The third-order valence-corrected chi connectivity index (χ3v) is 3.75. The van der Waals surface area contributed by atoms with E-state index in [1.807, 2.05) is 13.8 Å². The Hall–Kier alpha value is -0.180. The van der Waals surface area contributed by atoms with E-state index in [2.05, 4.69) is 0 Å². The number of carbonyl (C=O) groups excluding carboxylic acids is 1. The van der Waals surface area contributed by atoms with Crippen molar-refractivity contribution in [2.24, 2.45) is 0 Å². The maximum absolute atomic E-state index is 11.3. The molecule has 1 saturated carbocycles. The highest BCUT2D eigenvalue weighted by Gasteiger charge is 2.34. The third kappa shape index (κ3) is 2.16. The molecule has 0 radical (unpaired) electrons. The van der Waals surface area contributed by atoms with Crippen molar-refractivity contribution in [1.82, 2.24) is 0 Å². The lowest BCUT2D eigenvalue weighted by Crippen LogP contribution is -2.33. The van der Waals surface area contributed by atoms with Gasteiger partial charge < -0.3 is 4.74 Å². The van der Waals surface area contributed by atoms with E-state index in [9.17, 15) is 4.79 Å². The van der Waals surface area contributed by atoms with Crippen LogP contribution in [0.4, 0.5) is 0 Å². The maximum Gasteiger partial charge on any atom is 0.321 e. The average Bonchev–Trinajstić information content (AvgIpc) is 1.95. The summed E-state index contributed by atoms with van der Waals surface area (Å²) >= 11 is 1.75. The lowest BCUT2D eigenvalue weighted by Gasteiger charge is -2.31. The first-order chi connectivity index (χ1) is 5.56. The van der Waals surface area contributed by atoms with E-state index in [4.69, 9.17) is 4.74 Å². The molecule has 3 heteroatoms. The van der Waals surface area contributed by atoms with E-state index in [0.717, 1.165) is 0 Å². The van der Waals surface area contributed by atoms with Crippen molar-refractivity contribution in [3.05, 3.63) is 0 Å². The minimum Gasteiger partial charge on any atom is -0.468 e. The maximum atomic E-state index is 11.3. The average molecular weight is 188 g/mol. The predicted octanol–water partition coefficient (Wildman–Crippen LogP) is 2.22. The standard InChI is InChI=1S/C9H16O2S/c1-9(2,8(10)11-3)12-7-5-4-6-7/h7H,4-6H2,1-3H3. The Labute approximate surface area is 78.1 Å². The van der Waals surface area contributed by atoms with Gasteiger partial charge in [0.25, 0.3) is 0 Å². The van der Waals surface area contributed by atoms with Gasteiger partial charge in [-0.3, -0.25) is 4.79 Å². The van der Waals surface area contributed by atoms with Crippen LogP contribution >= 0.6 is 11.8 Å².